The highest BCUT2D eigenvalue weighted by molar-refractivity contribution is 6.33. The minimum atomic E-state index is -4.41. The lowest BCUT2D eigenvalue weighted by Crippen LogP contribution is -2.08. The van der Waals surface area contributed by atoms with Crippen molar-refractivity contribution < 1.29 is 26.7 Å². The summed E-state index contributed by atoms with van der Waals surface area (Å²) < 4.78 is 68.7. The number of ether oxygens (including phenoxy) is 1. The lowest BCUT2D eigenvalue weighted by Gasteiger charge is -2.10. The Hall–Kier alpha value is -3.01. The number of hydrogen-bond acceptors (Lipinski definition) is 5. The Labute approximate surface area is 172 Å². The Morgan fingerprint density at radius 1 is 1.00 bits per heavy atom. The quantitative estimate of drug-likeness (QED) is 0.458. The first-order valence-electron chi connectivity index (χ1n) is 8.56. The van der Waals surface area contributed by atoms with Crippen LogP contribution in [0.25, 0.3) is 0 Å². The summed E-state index contributed by atoms with van der Waals surface area (Å²) in [7, 11) is 0. The number of aromatic nitrogens is 3. The molecule has 3 rings (SSSR count). The molecule has 0 bridgehead atoms. The summed E-state index contributed by atoms with van der Waals surface area (Å²) in [6.07, 6.45) is -4.19. The van der Waals surface area contributed by atoms with Crippen molar-refractivity contribution in [3.05, 3.63) is 70.8 Å². The van der Waals surface area contributed by atoms with Crippen molar-refractivity contribution in [1.82, 2.24) is 15.0 Å². The third-order valence-corrected chi connectivity index (χ3v) is 4.30. The summed E-state index contributed by atoms with van der Waals surface area (Å²) in [6.45, 7) is 0.347. The van der Waals surface area contributed by atoms with Crippen molar-refractivity contribution in [2.45, 2.75) is 19.0 Å². The average Bonchev–Trinajstić information content (AvgIpc) is 2.70. The van der Waals surface area contributed by atoms with Crippen molar-refractivity contribution in [3.63, 3.8) is 0 Å². The summed E-state index contributed by atoms with van der Waals surface area (Å²) in [6, 6.07) is 7.56. The molecule has 2 heterocycles. The highest BCUT2D eigenvalue weighted by Gasteiger charge is 2.30. The minimum Gasteiger partial charge on any atom is -0.439 e. The normalized spacial score (nSPS) is 11.6. The molecule has 0 unspecified atom stereocenters. The van der Waals surface area contributed by atoms with Gasteiger partial charge in [-0.1, -0.05) is 17.7 Å². The Kier molecular flexibility index (Phi) is 6.66. The van der Waals surface area contributed by atoms with Crippen LogP contribution < -0.4 is 10.1 Å². The van der Waals surface area contributed by atoms with Crippen LogP contribution in [0.4, 0.5) is 27.8 Å². The molecule has 1 N–H and O–H groups in total. The lowest BCUT2D eigenvalue weighted by molar-refractivity contribution is -0.137. The minimum absolute atomic E-state index is 0.109. The summed E-state index contributed by atoms with van der Waals surface area (Å²) in [5, 5.41) is 2.63. The summed E-state index contributed by atoms with van der Waals surface area (Å²) in [5.41, 5.74) is -0.503. The van der Waals surface area contributed by atoms with E-state index in [1.165, 1.54) is 18.3 Å². The van der Waals surface area contributed by atoms with E-state index in [0.717, 1.165) is 24.0 Å². The zero-order valence-corrected chi connectivity index (χ0v) is 15.9. The number of nitrogens with one attached hydrogen (secondary N) is 1. The maximum Gasteiger partial charge on any atom is 0.416 e. The molecule has 0 saturated heterocycles. The second kappa shape index (κ2) is 9.21. The molecule has 0 radical (unpaired) electrons. The molecule has 158 valence electrons. The number of halogens is 6. The van der Waals surface area contributed by atoms with Gasteiger partial charge in [0.25, 0.3) is 6.43 Å². The van der Waals surface area contributed by atoms with Crippen molar-refractivity contribution in [2.24, 2.45) is 0 Å². The molecule has 1 aromatic carbocycles. The molecular formula is C19H14ClF5N4O. The topological polar surface area (TPSA) is 59.9 Å². The first-order chi connectivity index (χ1) is 14.2. The molecule has 0 atom stereocenters. The van der Waals surface area contributed by atoms with E-state index < -0.39 is 23.9 Å². The fourth-order valence-electron chi connectivity index (χ4n) is 2.44. The molecular weight excluding hydrogens is 431 g/mol. The van der Waals surface area contributed by atoms with Crippen molar-refractivity contribution in [2.75, 3.05) is 11.9 Å². The maximum absolute atomic E-state index is 12.8. The second-order valence-electron chi connectivity index (χ2n) is 6.03. The molecule has 0 fully saturated rings. The van der Waals surface area contributed by atoms with E-state index in [2.05, 4.69) is 20.3 Å². The van der Waals surface area contributed by atoms with Crippen molar-refractivity contribution in [1.29, 1.82) is 0 Å². The fourth-order valence-corrected chi connectivity index (χ4v) is 2.68. The number of anilines is 1. The van der Waals surface area contributed by atoms with Gasteiger partial charge in [-0.25, -0.2) is 23.7 Å². The molecule has 0 aliphatic heterocycles. The SMILES string of the molecule is FC(F)c1ncnc(NCCc2ccc(Oc3ccc(C(F)(F)F)cc3)nc2)c1Cl. The predicted molar refractivity (Wildman–Crippen MR) is 99.9 cm³/mol. The van der Waals surface area contributed by atoms with Gasteiger partial charge in [0.1, 0.15) is 28.6 Å². The third-order valence-electron chi connectivity index (χ3n) is 3.93. The van der Waals surface area contributed by atoms with Crippen molar-refractivity contribution in [3.8, 4) is 11.6 Å². The Morgan fingerprint density at radius 2 is 1.73 bits per heavy atom. The van der Waals surface area contributed by atoms with Gasteiger partial charge in [-0.3, -0.25) is 0 Å². The molecule has 11 heteroatoms. The fraction of sp³-hybridized carbons (Fsp3) is 0.211. The number of rotatable bonds is 7. The van der Waals surface area contributed by atoms with E-state index in [1.54, 1.807) is 12.1 Å². The Balaban J connectivity index is 1.54. The van der Waals surface area contributed by atoms with Crippen LogP contribution in [0.2, 0.25) is 5.02 Å². The van der Waals surface area contributed by atoms with E-state index in [1.807, 2.05) is 0 Å². The predicted octanol–water partition coefficient (Wildman–Crippen LogP) is 5.93. The van der Waals surface area contributed by atoms with Gasteiger partial charge in [-0.15, -0.1) is 0 Å². The molecule has 30 heavy (non-hydrogen) atoms. The second-order valence-corrected chi connectivity index (χ2v) is 6.41. The van der Waals surface area contributed by atoms with Crippen LogP contribution in [-0.4, -0.2) is 21.5 Å². The van der Waals surface area contributed by atoms with Crippen LogP contribution in [0, 0.1) is 0 Å². The Bertz CT molecular complexity index is 982. The highest BCUT2D eigenvalue weighted by atomic mass is 35.5. The lowest BCUT2D eigenvalue weighted by atomic mass is 10.2. The first-order valence-corrected chi connectivity index (χ1v) is 8.94. The van der Waals surface area contributed by atoms with Gasteiger partial charge in [-0.05, 0) is 36.2 Å². The third kappa shape index (κ3) is 5.53. The van der Waals surface area contributed by atoms with E-state index >= 15 is 0 Å². The maximum atomic E-state index is 12.8. The molecule has 0 saturated carbocycles. The van der Waals surface area contributed by atoms with Crippen LogP contribution in [0.3, 0.4) is 0 Å². The highest BCUT2D eigenvalue weighted by Crippen LogP contribution is 2.31. The Morgan fingerprint density at radius 3 is 2.33 bits per heavy atom. The van der Waals surface area contributed by atoms with Gasteiger partial charge in [0, 0.05) is 18.8 Å². The molecule has 5 nitrogen and oxygen atoms in total. The smallest absolute Gasteiger partial charge is 0.416 e. The number of hydrogen-bond donors (Lipinski definition) is 1. The molecule has 0 aliphatic carbocycles. The standard InChI is InChI=1S/C19H14ClF5N4O/c20-15-16(17(21)22)28-10-29-18(15)26-8-7-11-1-6-14(27-9-11)30-13-4-2-12(3-5-13)19(23,24)25/h1-6,9-10,17H,7-8H2,(H,26,28,29). The van der Waals surface area contributed by atoms with Crippen LogP contribution >= 0.6 is 11.6 Å². The van der Waals surface area contributed by atoms with Crippen LogP contribution in [0.5, 0.6) is 11.6 Å². The van der Waals surface area contributed by atoms with E-state index in [0.29, 0.717) is 13.0 Å². The molecule has 0 aliphatic rings. The number of benzene rings is 1. The van der Waals surface area contributed by atoms with Gasteiger partial charge < -0.3 is 10.1 Å². The van der Waals surface area contributed by atoms with Gasteiger partial charge >= 0.3 is 6.18 Å². The zero-order valence-electron chi connectivity index (χ0n) is 15.1. The van der Waals surface area contributed by atoms with Crippen LogP contribution in [0.15, 0.2) is 48.9 Å². The van der Waals surface area contributed by atoms with Crippen molar-refractivity contribution >= 4 is 17.4 Å². The average molecular weight is 445 g/mol. The van der Waals surface area contributed by atoms with E-state index in [9.17, 15) is 22.0 Å². The first kappa shape index (κ1) is 21.7. The summed E-state index contributed by atoms with van der Waals surface area (Å²) in [4.78, 5) is 11.4. The molecule has 3 aromatic rings. The monoisotopic (exact) mass is 444 g/mol. The number of pyridine rings is 1. The van der Waals surface area contributed by atoms with Crippen LogP contribution in [-0.2, 0) is 12.6 Å². The van der Waals surface area contributed by atoms with Gasteiger partial charge in [0.05, 0.1) is 5.56 Å². The zero-order chi connectivity index (χ0) is 21.7. The van der Waals surface area contributed by atoms with Gasteiger partial charge in [-0.2, -0.15) is 13.2 Å². The largest absolute Gasteiger partial charge is 0.439 e. The molecule has 2 aromatic heterocycles. The van der Waals surface area contributed by atoms with Crippen LogP contribution in [0.1, 0.15) is 23.2 Å². The summed E-state index contributed by atoms with van der Waals surface area (Å²) in [5.74, 6) is 0.544. The molecule has 0 amide bonds. The van der Waals surface area contributed by atoms with E-state index in [-0.39, 0.29) is 22.5 Å². The van der Waals surface area contributed by atoms with E-state index in [4.69, 9.17) is 16.3 Å². The van der Waals surface area contributed by atoms with Gasteiger partial charge in [0.15, 0.2) is 0 Å². The number of alkyl halides is 5. The molecule has 0 spiro atoms. The number of nitrogens with zero attached hydrogens (tertiary/aromatic N) is 3. The summed E-state index contributed by atoms with van der Waals surface area (Å²) >= 11 is 5.86. The van der Waals surface area contributed by atoms with Gasteiger partial charge in [0.2, 0.25) is 5.88 Å².